The number of aromatic nitrogens is 5. The largest absolute Gasteiger partial charge is 0.264 e. The highest BCUT2D eigenvalue weighted by Crippen LogP contribution is 2.20. The molecule has 1 N–H and O–H groups in total. The van der Waals surface area contributed by atoms with Gasteiger partial charge in [-0.05, 0) is 31.3 Å². The van der Waals surface area contributed by atoms with Gasteiger partial charge in [-0.15, -0.1) is 10.2 Å². The van der Waals surface area contributed by atoms with Crippen molar-refractivity contribution in [2.75, 3.05) is 0 Å². The first-order valence-electron chi connectivity index (χ1n) is 6.93. The SMILES string of the molecule is Cc1ccc(-n2c(=S)[nH]n3c(-c4ccccc4)nnc23)cc1. The van der Waals surface area contributed by atoms with Crippen LogP contribution in [0.15, 0.2) is 54.6 Å². The van der Waals surface area contributed by atoms with Crippen LogP contribution in [0.3, 0.4) is 0 Å². The third kappa shape index (κ3) is 1.96. The lowest BCUT2D eigenvalue weighted by Crippen LogP contribution is -1.95. The van der Waals surface area contributed by atoms with Crippen LogP contribution in [0.5, 0.6) is 0 Å². The Morgan fingerprint density at radius 1 is 0.955 bits per heavy atom. The summed E-state index contributed by atoms with van der Waals surface area (Å²) in [5.74, 6) is 1.42. The lowest BCUT2D eigenvalue weighted by Gasteiger charge is -2.01. The van der Waals surface area contributed by atoms with Gasteiger partial charge >= 0.3 is 0 Å². The van der Waals surface area contributed by atoms with E-state index >= 15 is 0 Å². The molecule has 0 unspecified atom stereocenters. The Bertz CT molecular complexity index is 993. The van der Waals surface area contributed by atoms with Crippen molar-refractivity contribution in [3.8, 4) is 17.1 Å². The minimum absolute atomic E-state index is 0.589. The second-order valence-electron chi connectivity index (χ2n) is 5.11. The predicted octanol–water partition coefficient (Wildman–Crippen LogP) is 3.55. The molecule has 0 spiro atoms. The number of nitrogens with one attached hydrogen (secondary N) is 1. The van der Waals surface area contributed by atoms with E-state index in [0.29, 0.717) is 10.5 Å². The number of H-pyrrole nitrogens is 1. The Morgan fingerprint density at radius 2 is 1.68 bits per heavy atom. The van der Waals surface area contributed by atoms with Gasteiger partial charge in [-0.25, -0.2) is 0 Å². The lowest BCUT2D eigenvalue weighted by atomic mass is 10.2. The Kier molecular flexibility index (Phi) is 2.90. The van der Waals surface area contributed by atoms with E-state index in [4.69, 9.17) is 12.2 Å². The molecule has 0 atom stereocenters. The summed E-state index contributed by atoms with van der Waals surface area (Å²) in [6.07, 6.45) is 0. The average molecular weight is 307 g/mol. The molecule has 0 aliphatic rings. The van der Waals surface area contributed by atoms with Gasteiger partial charge in [0.2, 0.25) is 0 Å². The van der Waals surface area contributed by atoms with Crippen LogP contribution in [0.2, 0.25) is 0 Å². The van der Waals surface area contributed by atoms with Crippen LogP contribution >= 0.6 is 12.2 Å². The molecule has 0 saturated heterocycles. The van der Waals surface area contributed by atoms with Crippen molar-refractivity contribution in [3.05, 3.63) is 64.9 Å². The molecule has 0 amide bonds. The summed E-state index contributed by atoms with van der Waals surface area (Å²) >= 11 is 5.45. The molecule has 108 valence electrons. The van der Waals surface area contributed by atoms with Gasteiger partial charge in [0.25, 0.3) is 5.78 Å². The third-order valence-corrected chi connectivity index (χ3v) is 3.85. The zero-order valence-corrected chi connectivity index (χ0v) is 12.7. The van der Waals surface area contributed by atoms with Crippen LogP contribution in [0, 0.1) is 11.7 Å². The van der Waals surface area contributed by atoms with E-state index in [-0.39, 0.29) is 0 Å². The second-order valence-corrected chi connectivity index (χ2v) is 5.50. The van der Waals surface area contributed by atoms with E-state index in [1.165, 1.54) is 5.56 Å². The summed E-state index contributed by atoms with van der Waals surface area (Å²) in [6, 6.07) is 18.1. The van der Waals surface area contributed by atoms with Crippen LogP contribution < -0.4 is 0 Å². The number of rotatable bonds is 2. The van der Waals surface area contributed by atoms with Crippen molar-refractivity contribution in [2.45, 2.75) is 6.92 Å². The standard InChI is InChI=1S/C16H13N5S/c1-11-7-9-13(10-8-11)20-15-18-17-14(21(15)19-16(20)22)12-5-3-2-4-6-12/h2-10H,1H3,(H,19,22). The first kappa shape index (κ1) is 13.0. The van der Waals surface area contributed by atoms with E-state index in [1.807, 2.05) is 51.5 Å². The summed E-state index contributed by atoms with van der Waals surface area (Å²) < 4.78 is 4.29. The van der Waals surface area contributed by atoms with Crippen molar-refractivity contribution >= 4 is 18.0 Å². The fourth-order valence-electron chi connectivity index (χ4n) is 2.46. The number of aromatic amines is 1. The molecule has 5 nitrogen and oxygen atoms in total. The topological polar surface area (TPSA) is 50.9 Å². The van der Waals surface area contributed by atoms with Crippen molar-refractivity contribution in [3.63, 3.8) is 0 Å². The molecule has 2 heterocycles. The zero-order valence-electron chi connectivity index (χ0n) is 11.9. The van der Waals surface area contributed by atoms with Crippen molar-refractivity contribution in [1.82, 2.24) is 24.4 Å². The molecule has 4 rings (SSSR count). The van der Waals surface area contributed by atoms with Gasteiger partial charge in [-0.2, -0.15) is 4.52 Å². The fraction of sp³-hybridized carbons (Fsp3) is 0.0625. The minimum Gasteiger partial charge on any atom is -0.264 e. The van der Waals surface area contributed by atoms with Gasteiger partial charge in [-0.1, -0.05) is 48.0 Å². The summed E-state index contributed by atoms with van der Waals surface area (Å²) in [4.78, 5) is 0. The maximum Gasteiger partial charge on any atom is 0.257 e. The van der Waals surface area contributed by atoms with Gasteiger partial charge in [0.15, 0.2) is 10.6 Å². The lowest BCUT2D eigenvalue weighted by molar-refractivity contribution is 0.943. The zero-order chi connectivity index (χ0) is 15.1. The van der Waals surface area contributed by atoms with Gasteiger partial charge in [0.05, 0.1) is 5.69 Å². The molecule has 0 saturated carbocycles. The van der Waals surface area contributed by atoms with Crippen LogP contribution in [-0.4, -0.2) is 24.4 Å². The maximum absolute atomic E-state index is 5.45. The monoisotopic (exact) mass is 307 g/mol. The van der Waals surface area contributed by atoms with E-state index in [9.17, 15) is 0 Å². The second kappa shape index (κ2) is 4.92. The Labute approximate surface area is 131 Å². The van der Waals surface area contributed by atoms with Crippen LogP contribution in [0.1, 0.15) is 5.56 Å². The third-order valence-electron chi connectivity index (χ3n) is 3.58. The fourth-order valence-corrected chi connectivity index (χ4v) is 2.74. The van der Waals surface area contributed by atoms with Crippen LogP contribution in [0.25, 0.3) is 22.9 Å². The van der Waals surface area contributed by atoms with Gasteiger partial charge in [0.1, 0.15) is 0 Å². The molecule has 2 aromatic carbocycles. The molecule has 22 heavy (non-hydrogen) atoms. The Balaban J connectivity index is 1.95. The van der Waals surface area contributed by atoms with Crippen molar-refractivity contribution < 1.29 is 0 Å². The summed E-state index contributed by atoms with van der Waals surface area (Å²) in [5, 5.41) is 11.7. The molecule has 0 radical (unpaired) electrons. The Morgan fingerprint density at radius 3 is 2.41 bits per heavy atom. The highest BCUT2D eigenvalue weighted by Gasteiger charge is 2.14. The van der Waals surface area contributed by atoms with E-state index in [1.54, 1.807) is 0 Å². The summed E-state index contributed by atoms with van der Waals surface area (Å²) in [6.45, 7) is 2.06. The summed E-state index contributed by atoms with van der Waals surface area (Å²) in [5.41, 5.74) is 3.16. The minimum atomic E-state index is 0.589. The summed E-state index contributed by atoms with van der Waals surface area (Å²) in [7, 11) is 0. The molecule has 2 aromatic heterocycles. The smallest absolute Gasteiger partial charge is 0.257 e. The number of benzene rings is 2. The van der Waals surface area contributed by atoms with E-state index < -0.39 is 0 Å². The van der Waals surface area contributed by atoms with Crippen molar-refractivity contribution in [1.29, 1.82) is 0 Å². The van der Waals surface area contributed by atoms with E-state index in [2.05, 4.69) is 34.4 Å². The number of nitrogens with zero attached hydrogens (tertiary/aromatic N) is 4. The van der Waals surface area contributed by atoms with Crippen LogP contribution in [-0.2, 0) is 0 Å². The van der Waals surface area contributed by atoms with Crippen molar-refractivity contribution in [2.24, 2.45) is 0 Å². The van der Waals surface area contributed by atoms with Crippen LogP contribution in [0.4, 0.5) is 0 Å². The molecular formula is C16H13N5S. The quantitative estimate of drug-likeness (QED) is 0.576. The Hall–Kier alpha value is -2.73. The predicted molar refractivity (Wildman–Crippen MR) is 87.7 cm³/mol. The molecular weight excluding hydrogens is 294 g/mol. The van der Waals surface area contributed by atoms with E-state index in [0.717, 1.165) is 17.1 Å². The number of aryl methyl sites for hydroxylation is 1. The molecule has 0 bridgehead atoms. The molecule has 0 aliphatic heterocycles. The number of fused-ring (bicyclic) bond motifs is 1. The normalized spacial score (nSPS) is 11.1. The van der Waals surface area contributed by atoms with Gasteiger partial charge in [-0.3, -0.25) is 9.67 Å². The highest BCUT2D eigenvalue weighted by atomic mass is 32.1. The number of hydrogen-bond acceptors (Lipinski definition) is 3. The number of hydrogen-bond donors (Lipinski definition) is 1. The van der Waals surface area contributed by atoms with Gasteiger partial charge < -0.3 is 0 Å². The average Bonchev–Trinajstić information content (AvgIpc) is 3.07. The molecule has 4 aromatic rings. The molecule has 0 fully saturated rings. The first-order valence-corrected chi connectivity index (χ1v) is 7.33. The first-order chi connectivity index (χ1) is 10.7. The molecule has 0 aliphatic carbocycles. The maximum atomic E-state index is 5.45. The van der Waals surface area contributed by atoms with Gasteiger partial charge in [0, 0.05) is 5.56 Å². The molecule has 6 heteroatoms. The highest BCUT2D eigenvalue weighted by molar-refractivity contribution is 7.71.